The molecule has 0 spiro atoms. The minimum absolute atomic E-state index is 0.170. The summed E-state index contributed by atoms with van der Waals surface area (Å²) in [6, 6.07) is 7.11. The highest BCUT2D eigenvalue weighted by molar-refractivity contribution is 5.70. The molecule has 0 saturated carbocycles. The van der Waals surface area contributed by atoms with Crippen molar-refractivity contribution in [3.05, 3.63) is 53.6 Å². The van der Waals surface area contributed by atoms with Crippen LogP contribution in [0.2, 0.25) is 0 Å². The molecule has 2 aromatic heterocycles. The van der Waals surface area contributed by atoms with E-state index in [1.807, 2.05) is 0 Å². The first-order valence-corrected chi connectivity index (χ1v) is 10.1. The first-order valence-electron chi connectivity index (χ1n) is 10.1. The fourth-order valence-electron chi connectivity index (χ4n) is 3.43. The van der Waals surface area contributed by atoms with Gasteiger partial charge in [0.15, 0.2) is 5.82 Å². The van der Waals surface area contributed by atoms with Crippen LogP contribution in [0.1, 0.15) is 38.6 Å². The Labute approximate surface area is 182 Å². The summed E-state index contributed by atoms with van der Waals surface area (Å²) in [7, 11) is 0. The molecule has 1 aliphatic rings. The van der Waals surface area contributed by atoms with Gasteiger partial charge in [-0.05, 0) is 57.5 Å². The van der Waals surface area contributed by atoms with Crippen LogP contribution in [-0.4, -0.2) is 42.9 Å². The summed E-state index contributed by atoms with van der Waals surface area (Å²) >= 11 is 0. The number of aromatic nitrogens is 4. The lowest BCUT2D eigenvalue weighted by molar-refractivity contribution is 0.0220. The maximum absolute atomic E-state index is 13.4. The van der Waals surface area contributed by atoms with E-state index in [1.54, 1.807) is 20.8 Å². The lowest BCUT2D eigenvalue weighted by atomic mass is 10.0. The van der Waals surface area contributed by atoms with Crippen LogP contribution in [0.4, 0.5) is 18.0 Å². The van der Waals surface area contributed by atoms with Crippen molar-refractivity contribution in [2.45, 2.75) is 45.9 Å². The summed E-state index contributed by atoms with van der Waals surface area (Å²) in [5.74, 6) is -0.116. The third-order valence-corrected chi connectivity index (χ3v) is 4.87. The van der Waals surface area contributed by atoms with Gasteiger partial charge in [0, 0.05) is 23.9 Å². The van der Waals surface area contributed by atoms with Crippen molar-refractivity contribution in [3.63, 3.8) is 0 Å². The summed E-state index contributed by atoms with van der Waals surface area (Å²) < 4.78 is 45.5. The van der Waals surface area contributed by atoms with Gasteiger partial charge in [-0.3, -0.25) is 0 Å². The molecule has 0 atom stereocenters. The molecule has 0 radical (unpaired) electrons. The lowest BCUT2D eigenvalue weighted by Gasteiger charge is -2.31. The van der Waals surface area contributed by atoms with Crippen molar-refractivity contribution in [1.82, 2.24) is 24.6 Å². The molecule has 0 unspecified atom stereocenters. The lowest BCUT2D eigenvalue weighted by Crippen LogP contribution is -2.40. The highest BCUT2D eigenvalue weighted by atomic mass is 19.3. The van der Waals surface area contributed by atoms with Gasteiger partial charge >= 0.3 is 12.6 Å². The number of ether oxygens (including phenoxy) is 1. The summed E-state index contributed by atoms with van der Waals surface area (Å²) in [6.45, 7) is 3.12. The molecule has 7 nitrogen and oxygen atoms in total. The van der Waals surface area contributed by atoms with E-state index < -0.39 is 24.1 Å². The van der Waals surface area contributed by atoms with Crippen LogP contribution in [0, 0.1) is 5.82 Å². The van der Waals surface area contributed by atoms with Crippen LogP contribution in [0.25, 0.3) is 22.8 Å². The van der Waals surface area contributed by atoms with Crippen LogP contribution in [-0.2, 0) is 17.7 Å². The highest BCUT2D eigenvalue weighted by Crippen LogP contribution is 2.31. The van der Waals surface area contributed by atoms with Gasteiger partial charge in [-0.1, -0.05) is 0 Å². The quantitative estimate of drug-likeness (QED) is 0.577. The first-order chi connectivity index (χ1) is 15.1. The molecule has 1 aromatic carbocycles. The zero-order chi connectivity index (χ0) is 23.0. The number of rotatable bonds is 3. The van der Waals surface area contributed by atoms with Crippen LogP contribution in [0.15, 0.2) is 36.5 Å². The second-order valence-corrected chi connectivity index (χ2v) is 8.44. The van der Waals surface area contributed by atoms with Gasteiger partial charge in [0.25, 0.3) is 0 Å². The van der Waals surface area contributed by atoms with Gasteiger partial charge in [0.2, 0.25) is 0 Å². The van der Waals surface area contributed by atoms with E-state index in [-0.39, 0.29) is 18.1 Å². The number of carbonyl (C=O) groups excluding carboxylic acids is 1. The molecule has 10 heteroatoms. The molecule has 3 aromatic rings. The van der Waals surface area contributed by atoms with E-state index in [2.05, 4.69) is 15.1 Å². The molecule has 168 valence electrons. The number of halogens is 3. The predicted octanol–water partition coefficient (Wildman–Crippen LogP) is 4.83. The SMILES string of the molecule is CC(C)(C)OC(=O)N1CCc2c(nc(-c3ccc(F)cc3)nc2-c2ccn(C(F)F)n2)C1. The average molecular weight is 445 g/mol. The fourth-order valence-corrected chi connectivity index (χ4v) is 3.43. The topological polar surface area (TPSA) is 73.1 Å². The molecule has 4 rings (SSSR count). The number of amides is 1. The maximum Gasteiger partial charge on any atom is 0.410 e. The third-order valence-electron chi connectivity index (χ3n) is 4.87. The molecule has 1 amide bonds. The number of carbonyl (C=O) groups is 1. The first kappa shape index (κ1) is 21.8. The Morgan fingerprint density at radius 1 is 1.12 bits per heavy atom. The Hall–Kier alpha value is -3.43. The Balaban J connectivity index is 1.77. The largest absolute Gasteiger partial charge is 0.444 e. The van der Waals surface area contributed by atoms with E-state index in [1.165, 1.54) is 41.4 Å². The van der Waals surface area contributed by atoms with E-state index in [4.69, 9.17) is 4.74 Å². The fraction of sp³-hybridized carbons (Fsp3) is 0.364. The van der Waals surface area contributed by atoms with Crippen LogP contribution in [0.5, 0.6) is 0 Å². The second-order valence-electron chi connectivity index (χ2n) is 8.44. The number of alkyl halides is 2. The molecule has 0 aliphatic carbocycles. The zero-order valence-electron chi connectivity index (χ0n) is 17.8. The Bertz CT molecular complexity index is 1140. The molecule has 0 N–H and O–H groups in total. The minimum Gasteiger partial charge on any atom is -0.444 e. The molecule has 0 saturated heterocycles. The second kappa shape index (κ2) is 8.25. The van der Waals surface area contributed by atoms with Crippen molar-refractivity contribution >= 4 is 6.09 Å². The van der Waals surface area contributed by atoms with Crippen molar-refractivity contribution in [3.8, 4) is 22.8 Å². The number of hydrogen-bond acceptors (Lipinski definition) is 5. The molecular weight excluding hydrogens is 423 g/mol. The molecule has 1 aliphatic heterocycles. The predicted molar refractivity (Wildman–Crippen MR) is 110 cm³/mol. The average Bonchev–Trinajstić information content (AvgIpc) is 3.22. The Morgan fingerprint density at radius 3 is 2.47 bits per heavy atom. The number of hydrogen-bond donors (Lipinski definition) is 0. The van der Waals surface area contributed by atoms with Gasteiger partial charge in [-0.25, -0.2) is 23.8 Å². The smallest absolute Gasteiger partial charge is 0.410 e. The van der Waals surface area contributed by atoms with E-state index in [9.17, 15) is 18.0 Å². The van der Waals surface area contributed by atoms with Crippen LogP contribution >= 0.6 is 0 Å². The molecule has 0 fully saturated rings. The monoisotopic (exact) mass is 445 g/mol. The van der Waals surface area contributed by atoms with Crippen molar-refractivity contribution in [2.75, 3.05) is 6.54 Å². The summed E-state index contributed by atoms with van der Waals surface area (Å²) in [6.07, 6.45) is 1.13. The molecule has 0 bridgehead atoms. The highest BCUT2D eigenvalue weighted by Gasteiger charge is 2.29. The van der Waals surface area contributed by atoms with Gasteiger partial charge in [0.05, 0.1) is 17.9 Å². The standard InChI is InChI=1S/C22H22F3N5O2/c1-22(2,3)32-21(31)29-10-8-15-17(12-29)26-19(13-4-6-14(23)7-5-13)27-18(15)16-9-11-30(28-16)20(24)25/h4-7,9,11,20H,8,10,12H2,1-3H3. The zero-order valence-corrected chi connectivity index (χ0v) is 17.8. The molecule has 3 heterocycles. The Kier molecular flexibility index (Phi) is 5.62. The minimum atomic E-state index is -2.78. The van der Waals surface area contributed by atoms with Crippen molar-refractivity contribution < 1.29 is 22.7 Å². The van der Waals surface area contributed by atoms with Crippen molar-refractivity contribution in [2.24, 2.45) is 0 Å². The van der Waals surface area contributed by atoms with Crippen LogP contribution < -0.4 is 0 Å². The van der Waals surface area contributed by atoms with Crippen LogP contribution in [0.3, 0.4) is 0 Å². The third kappa shape index (κ3) is 4.58. The van der Waals surface area contributed by atoms with E-state index >= 15 is 0 Å². The summed E-state index contributed by atoms with van der Waals surface area (Å²) in [5.41, 5.74) is 1.90. The normalized spacial score (nSPS) is 13.9. The van der Waals surface area contributed by atoms with Gasteiger partial charge < -0.3 is 9.64 Å². The van der Waals surface area contributed by atoms with E-state index in [0.29, 0.717) is 34.6 Å². The van der Waals surface area contributed by atoms with Gasteiger partial charge in [-0.15, -0.1) is 0 Å². The number of nitrogens with zero attached hydrogens (tertiary/aromatic N) is 5. The van der Waals surface area contributed by atoms with E-state index in [0.717, 1.165) is 5.56 Å². The number of benzene rings is 1. The van der Waals surface area contributed by atoms with Crippen molar-refractivity contribution in [1.29, 1.82) is 0 Å². The summed E-state index contributed by atoms with van der Waals surface area (Å²) in [5, 5.41) is 3.95. The molecular formula is C22H22F3N5O2. The maximum atomic E-state index is 13.4. The van der Waals surface area contributed by atoms with Gasteiger partial charge in [-0.2, -0.15) is 13.9 Å². The molecule has 32 heavy (non-hydrogen) atoms. The summed E-state index contributed by atoms with van der Waals surface area (Å²) in [4.78, 5) is 23.3. The van der Waals surface area contributed by atoms with Gasteiger partial charge in [0.1, 0.15) is 17.1 Å². The number of fused-ring (bicyclic) bond motifs is 1. The Morgan fingerprint density at radius 2 is 1.84 bits per heavy atom.